The van der Waals surface area contributed by atoms with Crippen LogP contribution in [0.5, 0.6) is 0 Å². The molecule has 1 aliphatic heterocycles. The van der Waals surface area contributed by atoms with E-state index in [9.17, 15) is 9.59 Å². The molecule has 0 spiro atoms. The first kappa shape index (κ1) is 21.8. The fourth-order valence-electron chi connectivity index (χ4n) is 4.11. The smallest absolute Gasteiger partial charge is 0.289 e. The molecule has 3 aromatic rings. The van der Waals surface area contributed by atoms with Crippen LogP contribution in [0, 0.1) is 0 Å². The van der Waals surface area contributed by atoms with Crippen LogP contribution < -0.4 is 5.32 Å². The number of carbonyl (C=O) groups excluding carboxylic acids is 2. The highest BCUT2D eigenvalue weighted by Gasteiger charge is 2.26. The standard InChI is InChI=1S/C25H28N4O3/c30-24-18-22(21-6-2-1-3-7-21)29(19-20-9-11-26-12-10-20)15-5-14-28(16-13-27-24)25(31)23-8-4-17-32-23/h1-4,6-12,17,22H,5,13-16,18-19H2,(H,27,30). The van der Waals surface area contributed by atoms with Gasteiger partial charge in [-0.2, -0.15) is 0 Å². The van der Waals surface area contributed by atoms with Gasteiger partial charge in [-0.15, -0.1) is 0 Å². The lowest BCUT2D eigenvalue weighted by molar-refractivity contribution is -0.122. The van der Waals surface area contributed by atoms with Crippen LogP contribution in [-0.4, -0.2) is 52.8 Å². The molecule has 3 heterocycles. The minimum atomic E-state index is -0.149. The highest BCUT2D eigenvalue weighted by Crippen LogP contribution is 2.27. The summed E-state index contributed by atoms with van der Waals surface area (Å²) in [5.41, 5.74) is 2.25. The van der Waals surface area contributed by atoms with Crippen molar-refractivity contribution >= 4 is 11.8 Å². The van der Waals surface area contributed by atoms with Gasteiger partial charge in [-0.25, -0.2) is 0 Å². The lowest BCUT2D eigenvalue weighted by Gasteiger charge is -2.32. The molecule has 2 amide bonds. The van der Waals surface area contributed by atoms with Crippen molar-refractivity contribution in [3.63, 3.8) is 0 Å². The first-order valence-corrected chi connectivity index (χ1v) is 11.0. The third-order valence-corrected chi connectivity index (χ3v) is 5.74. The third-order valence-electron chi connectivity index (χ3n) is 5.74. The summed E-state index contributed by atoms with van der Waals surface area (Å²) in [6.45, 7) is 2.89. The minimum absolute atomic E-state index is 0.0223. The summed E-state index contributed by atoms with van der Waals surface area (Å²) in [5.74, 6) is 0.150. The molecule has 0 bridgehead atoms. The zero-order chi connectivity index (χ0) is 22.2. The number of aromatic nitrogens is 1. The molecular weight excluding hydrogens is 404 g/mol. The predicted octanol–water partition coefficient (Wildman–Crippen LogP) is 3.27. The van der Waals surface area contributed by atoms with Crippen LogP contribution in [0.4, 0.5) is 0 Å². The quantitative estimate of drug-likeness (QED) is 0.685. The number of pyridine rings is 1. The number of furan rings is 1. The Morgan fingerprint density at radius 2 is 1.84 bits per heavy atom. The summed E-state index contributed by atoms with van der Waals surface area (Å²) in [6, 6.07) is 17.5. The number of carbonyl (C=O) groups is 2. The molecular formula is C25H28N4O3. The van der Waals surface area contributed by atoms with Gasteiger partial charge in [0.1, 0.15) is 0 Å². The maximum Gasteiger partial charge on any atom is 0.289 e. The van der Waals surface area contributed by atoms with Crippen LogP contribution in [0.25, 0.3) is 0 Å². The molecule has 1 saturated heterocycles. The Morgan fingerprint density at radius 1 is 1.03 bits per heavy atom. The van der Waals surface area contributed by atoms with Crippen molar-refractivity contribution in [2.75, 3.05) is 26.2 Å². The number of hydrogen-bond acceptors (Lipinski definition) is 5. The van der Waals surface area contributed by atoms with Crippen LogP contribution in [0.2, 0.25) is 0 Å². The summed E-state index contributed by atoms with van der Waals surface area (Å²) in [6.07, 6.45) is 6.23. The van der Waals surface area contributed by atoms with E-state index in [4.69, 9.17) is 4.42 Å². The van der Waals surface area contributed by atoms with Crippen LogP contribution >= 0.6 is 0 Å². The second-order valence-electron chi connectivity index (χ2n) is 7.93. The van der Waals surface area contributed by atoms with Crippen molar-refractivity contribution in [2.24, 2.45) is 0 Å². The number of rotatable bonds is 4. The molecule has 1 fully saturated rings. The average molecular weight is 433 g/mol. The maximum absolute atomic E-state index is 12.8. The van der Waals surface area contributed by atoms with Gasteiger partial charge in [0.2, 0.25) is 5.91 Å². The first-order chi connectivity index (χ1) is 15.7. The molecule has 1 N–H and O–H groups in total. The fourth-order valence-corrected chi connectivity index (χ4v) is 4.11. The lowest BCUT2D eigenvalue weighted by Crippen LogP contribution is -2.39. The Kier molecular flexibility index (Phi) is 7.30. The van der Waals surface area contributed by atoms with E-state index < -0.39 is 0 Å². The Bertz CT molecular complexity index is 993. The van der Waals surface area contributed by atoms with Gasteiger partial charge in [-0.05, 0) is 41.8 Å². The summed E-state index contributed by atoms with van der Waals surface area (Å²) in [4.78, 5) is 33.9. The largest absolute Gasteiger partial charge is 0.459 e. The SMILES string of the molecule is O=C1CC(c2ccccc2)N(Cc2ccncc2)CCCN(C(=O)c2ccco2)CCN1. The van der Waals surface area contributed by atoms with E-state index in [1.807, 2.05) is 30.3 Å². The Morgan fingerprint density at radius 3 is 2.59 bits per heavy atom. The van der Waals surface area contributed by atoms with Gasteiger partial charge >= 0.3 is 0 Å². The van der Waals surface area contributed by atoms with E-state index in [2.05, 4.69) is 27.3 Å². The lowest BCUT2D eigenvalue weighted by atomic mass is 10.00. The summed E-state index contributed by atoms with van der Waals surface area (Å²) in [7, 11) is 0. The van der Waals surface area contributed by atoms with Crippen molar-refractivity contribution in [3.05, 3.63) is 90.1 Å². The predicted molar refractivity (Wildman–Crippen MR) is 121 cm³/mol. The van der Waals surface area contributed by atoms with E-state index in [1.54, 1.807) is 29.4 Å². The highest BCUT2D eigenvalue weighted by molar-refractivity contribution is 5.91. The molecule has 32 heavy (non-hydrogen) atoms. The van der Waals surface area contributed by atoms with Crippen LogP contribution in [0.15, 0.2) is 77.7 Å². The van der Waals surface area contributed by atoms with E-state index in [-0.39, 0.29) is 17.9 Å². The third kappa shape index (κ3) is 5.62. The Hall–Kier alpha value is -3.45. The second kappa shape index (κ2) is 10.7. The fraction of sp³-hybridized carbons (Fsp3) is 0.320. The normalized spacial score (nSPS) is 18.6. The molecule has 2 aromatic heterocycles. The van der Waals surface area contributed by atoms with Crippen molar-refractivity contribution < 1.29 is 14.0 Å². The molecule has 0 radical (unpaired) electrons. The summed E-state index contributed by atoms with van der Waals surface area (Å²) in [5, 5.41) is 2.99. The van der Waals surface area contributed by atoms with Gasteiger partial charge in [-0.3, -0.25) is 19.5 Å². The number of nitrogens with one attached hydrogen (secondary N) is 1. The topological polar surface area (TPSA) is 78.7 Å². The van der Waals surface area contributed by atoms with Gasteiger partial charge in [0.05, 0.1) is 6.26 Å². The van der Waals surface area contributed by atoms with Gasteiger partial charge in [0.25, 0.3) is 5.91 Å². The van der Waals surface area contributed by atoms with E-state index >= 15 is 0 Å². The zero-order valence-corrected chi connectivity index (χ0v) is 18.0. The van der Waals surface area contributed by atoms with E-state index in [0.29, 0.717) is 38.4 Å². The zero-order valence-electron chi connectivity index (χ0n) is 18.0. The van der Waals surface area contributed by atoms with Gasteiger partial charge < -0.3 is 14.6 Å². The molecule has 166 valence electrons. The molecule has 1 aliphatic rings. The van der Waals surface area contributed by atoms with Crippen LogP contribution in [0.3, 0.4) is 0 Å². The minimum Gasteiger partial charge on any atom is -0.459 e. The molecule has 7 heteroatoms. The highest BCUT2D eigenvalue weighted by atomic mass is 16.3. The van der Waals surface area contributed by atoms with Gasteiger partial charge in [0.15, 0.2) is 5.76 Å². The molecule has 0 saturated carbocycles. The first-order valence-electron chi connectivity index (χ1n) is 11.0. The molecule has 0 aliphatic carbocycles. The monoisotopic (exact) mass is 432 g/mol. The Balaban J connectivity index is 1.57. The molecule has 1 unspecified atom stereocenters. The number of hydrogen-bond donors (Lipinski definition) is 1. The molecule has 4 rings (SSSR count). The molecule has 7 nitrogen and oxygen atoms in total. The van der Waals surface area contributed by atoms with Crippen molar-refractivity contribution in [1.29, 1.82) is 0 Å². The Labute approximate surface area is 188 Å². The number of nitrogens with zero attached hydrogens (tertiary/aromatic N) is 3. The summed E-state index contributed by atoms with van der Waals surface area (Å²) >= 11 is 0. The maximum atomic E-state index is 12.8. The van der Waals surface area contributed by atoms with E-state index in [1.165, 1.54) is 6.26 Å². The average Bonchev–Trinajstić information content (AvgIpc) is 3.36. The van der Waals surface area contributed by atoms with Crippen LogP contribution in [0.1, 0.15) is 40.6 Å². The van der Waals surface area contributed by atoms with Crippen molar-refractivity contribution in [2.45, 2.75) is 25.4 Å². The number of amides is 2. The van der Waals surface area contributed by atoms with E-state index in [0.717, 1.165) is 24.1 Å². The number of benzene rings is 1. The van der Waals surface area contributed by atoms with Crippen molar-refractivity contribution in [3.8, 4) is 0 Å². The van der Waals surface area contributed by atoms with Gasteiger partial charge in [-0.1, -0.05) is 30.3 Å². The molecule has 1 atom stereocenters. The molecule has 1 aromatic carbocycles. The van der Waals surface area contributed by atoms with Crippen LogP contribution in [-0.2, 0) is 11.3 Å². The second-order valence-corrected chi connectivity index (χ2v) is 7.93. The van der Waals surface area contributed by atoms with Gasteiger partial charge in [0, 0.05) is 57.6 Å². The van der Waals surface area contributed by atoms with Crippen molar-refractivity contribution in [1.82, 2.24) is 20.1 Å². The summed E-state index contributed by atoms with van der Waals surface area (Å²) < 4.78 is 5.30.